The van der Waals surface area contributed by atoms with E-state index in [-0.39, 0.29) is 12.5 Å². The maximum atomic E-state index is 12.5. The number of fused-ring (bicyclic) bond motifs is 1. The highest BCUT2D eigenvalue weighted by Gasteiger charge is 2.22. The molecular formula is C23H26N2O4S. The van der Waals surface area contributed by atoms with E-state index in [0.717, 1.165) is 45.5 Å². The normalized spacial score (nSPS) is 11.3. The smallest absolute Gasteiger partial charge is 0.240 e. The number of carbonyl (C=O) groups excluding carboxylic acids is 1. The number of aryl methyl sites for hydroxylation is 1. The molecule has 0 aliphatic carbocycles. The largest absolute Gasteiger partial charge is 0.497 e. The number of hydrogen-bond donors (Lipinski definition) is 1. The molecule has 0 aliphatic heterocycles. The zero-order valence-electron chi connectivity index (χ0n) is 17.2. The Kier molecular flexibility index (Phi) is 6.95. The van der Waals surface area contributed by atoms with Gasteiger partial charge in [0.15, 0.2) is 0 Å². The number of anilines is 1. The molecule has 7 heteroatoms. The van der Waals surface area contributed by atoms with Crippen LogP contribution in [0.2, 0.25) is 0 Å². The summed E-state index contributed by atoms with van der Waals surface area (Å²) in [5.41, 5.74) is 1.62. The number of rotatable bonds is 9. The Morgan fingerprint density at radius 1 is 1.03 bits per heavy atom. The van der Waals surface area contributed by atoms with Crippen molar-refractivity contribution >= 4 is 32.4 Å². The van der Waals surface area contributed by atoms with Crippen molar-refractivity contribution in [1.82, 2.24) is 5.32 Å². The number of benzene rings is 3. The maximum absolute atomic E-state index is 12.5. The number of ether oxygens (including phenoxy) is 1. The van der Waals surface area contributed by atoms with Crippen molar-refractivity contribution in [1.29, 1.82) is 0 Å². The quantitative estimate of drug-likeness (QED) is 0.533. The van der Waals surface area contributed by atoms with Gasteiger partial charge in [0.05, 0.1) is 19.1 Å². The van der Waals surface area contributed by atoms with Crippen molar-refractivity contribution in [3.63, 3.8) is 0 Å². The van der Waals surface area contributed by atoms with Crippen molar-refractivity contribution in [2.45, 2.75) is 12.8 Å². The van der Waals surface area contributed by atoms with E-state index in [1.54, 1.807) is 19.2 Å². The van der Waals surface area contributed by atoms with Crippen LogP contribution in [-0.2, 0) is 21.2 Å². The Morgan fingerprint density at radius 2 is 1.77 bits per heavy atom. The summed E-state index contributed by atoms with van der Waals surface area (Å²) in [5, 5.41) is 4.53. The van der Waals surface area contributed by atoms with Crippen LogP contribution in [0, 0.1) is 0 Å². The third-order valence-corrected chi connectivity index (χ3v) is 5.95. The Bertz CT molecular complexity index is 1120. The maximum Gasteiger partial charge on any atom is 0.240 e. The lowest BCUT2D eigenvalue weighted by atomic mass is 10.1. The minimum absolute atomic E-state index is 0.258. The van der Waals surface area contributed by atoms with Gasteiger partial charge in [-0.25, -0.2) is 8.42 Å². The summed E-state index contributed by atoms with van der Waals surface area (Å²) in [4.78, 5) is 12.5. The Hall–Kier alpha value is -3.06. The monoisotopic (exact) mass is 426 g/mol. The average Bonchev–Trinajstić information content (AvgIpc) is 2.74. The van der Waals surface area contributed by atoms with E-state index in [2.05, 4.69) is 5.32 Å². The van der Waals surface area contributed by atoms with E-state index >= 15 is 0 Å². The molecule has 0 atom stereocenters. The summed E-state index contributed by atoms with van der Waals surface area (Å²) < 4.78 is 31.2. The van der Waals surface area contributed by atoms with Crippen LogP contribution in [0.5, 0.6) is 5.75 Å². The Labute approximate surface area is 177 Å². The van der Waals surface area contributed by atoms with Crippen molar-refractivity contribution in [2.24, 2.45) is 0 Å². The number of hydrogen-bond acceptors (Lipinski definition) is 4. The van der Waals surface area contributed by atoms with Crippen molar-refractivity contribution in [3.05, 3.63) is 72.3 Å². The SMILES string of the molecule is COc1cccc(CCCNC(=O)CN(c2cccc3ccccc23)S(C)(=O)=O)c1. The summed E-state index contributed by atoms with van der Waals surface area (Å²) in [7, 11) is -2.00. The van der Waals surface area contributed by atoms with E-state index in [9.17, 15) is 13.2 Å². The molecule has 3 aromatic carbocycles. The molecule has 0 radical (unpaired) electrons. The number of methoxy groups -OCH3 is 1. The molecule has 0 bridgehead atoms. The highest BCUT2D eigenvalue weighted by atomic mass is 32.2. The van der Waals surface area contributed by atoms with Crippen molar-refractivity contribution in [2.75, 3.05) is 30.8 Å². The van der Waals surface area contributed by atoms with Gasteiger partial charge in [0.1, 0.15) is 12.3 Å². The molecule has 0 saturated heterocycles. The highest BCUT2D eigenvalue weighted by molar-refractivity contribution is 7.92. The highest BCUT2D eigenvalue weighted by Crippen LogP contribution is 2.28. The van der Waals surface area contributed by atoms with E-state index in [4.69, 9.17) is 4.74 Å². The van der Waals surface area contributed by atoms with Crippen molar-refractivity contribution < 1.29 is 17.9 Å². The third kappa shape index (κ3) is 5.51. The molecule has 3 aromatic rings. The molecule has 0 aromatic heterocycles. The van der Waals surface area contributed by atoms with Crippen LogP contribution in [0.3, 0.4) is 0 Å². The number of sulfonamides is 1. The summed E-state index contributed by atoms with van der Waals surface area (Å²) in [6.45, 7) is 0.204. The van der Waals surface area contributed by atoms with Gasteiger partial charge in [-0.15, -0.1) is 0 Å². The summed E-state index contributed by atoms with van der Waals surface area (Å²) in [5.74, 6) is 0.467. The lowest BCUT2D eigenvalue weighted by molar-refractivity contribution is -0.119. The Balaban J connectivity index is 1.63. The first-order valence-electron chi connectivity index (χ1n) is 9.73. The van der Waals surface area contributed by atoms with Crippen LogP contribution in [0.4, 0.5) is 5.69 Å². The topological polar surface area (TPSA) is 75.7 Å². The van der Waals surface area contributed by atoms with Gasteiger partial charge >= 0.3 is 0 Å². The fraction of sp³-hybridized carbons (Fsp3) is 0.261. The summed E-state index contributed by atoms with van der Waals surface area (Å²) >= 11 is 0. The molecule has 1 amide bonds. The third-order valence-electron chi connectivity index (χ3n) is 4.82. The summed E-state index contributed by atoms with van der Waals surface area (Å²) in [6, 6.07) is 20.7. The first kappa shape index (κ1) is 21.6. The van der Waals surface area contributed by atoms with Crippen LogP contribution in [0.15, 0.2) is 66.7 Å². The van der Waals surface area contributed by atoms with Gasteiger partial charge < -0.3 is 10.1 Å². The van der Waals surface area contributed by atoms with Crippen LogP contribution >= 0.6 is 0 Å². The van der Waals surface area contributed by atoms with Gasteiger partial charge in [-0.05, 0) is 42.0 Å². The second-order valence-electron chi connectivity index (χ2n) is 7.07. The minimum Gasteiger partial charge on any atom is -0.497 e. The number of nitrogens with one attached hydrogen (secondary N) is 1. The second kappa shape index (κ2) is 9.63. The zero-order valence-corrected chi connectivity index (χ0v) is 18.0. The van der Waals surface area contributed by atoms with Gasteiger partial charge in [-0.2, -0.15) is 0 Å². The molecule has 0 heterocycles. The number of carbonyl (C=O) groups is 1. The number of nitrogens with zero attached hydrogens (tertiary/aromatic N) is 1. The zero-order chi connectivity index (χ0) is 21.6. The average molecular weight is 427 g/mol. The van der Waals surface area contributed by atoms with Gasteiger partial charge in [0.2, 0.25) is 15.9 Å². The molecule has 158 valence electrons. The molecule has 0 saturated carbocycles. The fourth-order valence-electron chi connectivity index (χ4n) is 3.34. The fourth-order valence-corrected chi connectivity index (χ4v) is 4.21. The first-order valence-corrected chi connectivity index (χ1v) is 11.6. The predicted octanol–water partition coefficient (Wildman–Crippen LogP) is 3.36. The second-order valence-corrected chi connectivity index (χ2v) is 8.98. The molecule has 1 N–H and O–H groups in total. The van der Waals surface area contributed by atoms with Crippen LogP contribution in [0.25, 0.3) is 10.8 Å². The molecule has 0 aliphatic rings. The van der Waals surface area contributed by atoms with Gasteiger partial charge in [0, 0.05) is 11.9 Å². The molecule has 0 unspecified atom stereocenters. The van der Waals surface area contributed by atoms with E-state index < -0.39 is 10.0 Å². The van der Waals surface area contributed by atoms with E-state index in [1.165, 1.54) is 0 Å². The van der Waals surface area contributed by atoms with Crippen LogP contribution < -0.4 is 14.4 Å². The van der Waals surface area contributed by atoms with Gasteiger partial charge in [-0.3, -0.25) is 9.10 Å². The number of amides is 1. The van der Waals surface area contributed by atoms with Gasteiger partial charge in [-0.1, -0.05) is 48.5 Å². The van der Waals surface area contributed by atoms with Crippen LogP contribution in [0.1, 0.15) is 12.0 Å². The molecule has 3 rings (SSSR count). The van der Waals surface area contributed by atoms with Gasteiger partial charge in [0.25, 0.3) is 0 Å². The molecule has 0 fully saturated rings. The lowest BCUT2D eigenvalue weighted by Crippen LogP contribution is -2.40. The predicted molar refractivity (Wildman–Crippen MR) is 120 cm³/mol. The van der Waals surface area contributed by atoms with E-state index in [0.29, 0.717) is 12.2 Å². The molecule has 30 heavy (non-hydrogen) atoms. The first-order chi connectivity index (χ1) is 14.4. The van der Waals surface area contributed by atoms with E-state index in [1.807, 2.05) is 54.6 Å². The molecular weight excluding hydrogens is 400 g/mol. The summed E-state index contributed by atoms with van der Waals surface area (Å²) in [6.07, 6.45) is 2.65. The van der Waals surface area contributed by atoms with Crippen molar-refractivity contribution in [3.8, 4) is 5.75 Å². The standard InChI is InChI=1S/C23H26N2O4S/c1-29-20-12-5-8-18(16-20)9-7-15-24-23(26)17-25(30(2,27)28)22-14-6-11-19-10-3-4-13-21(19)22/h3-6,8,10-14,16H,7,9,15,17H2,1-2H3,(H,24,26). The lowest BCUT2D eigenvalue weighted by Gasteiger charge is -2.23. The molecule has 0 spiro atoms. The minimum atomic E-state index is -3.63. The Morgan fingerprint density at radius 3 is 2.53 bits per heavy atom. The molecule has 6 nitrogen and oxygen atoms in total. The van der Waals surface area contributed by atoms with Crippen LogP contribution in [-0.4, -0.2) is 40.8 Å².